The van der Waals surface area contributed by atoms with Crippen molar-refractivity contribution in [3.63, 3.8) is 0 Å². The van der Waals surface area contributed by atoms with Gasteiger partial charge >= 0.3 is 0 Å². The van der Waals surface area contributed by atoms with Gasteiger partial charge in [0.25, 0.3) is 0 Å². The highest BCUT2D eigenvalue weighted by atomic mass is 19.1. The molecule has 1 saturated carbocycles. The Morgan fingerprint density at radius 3 is 2.29 bits per heavy atom. The third-order valence-corrected chi connectivity index (χ3v) is 5.40. The Morgan fingerprint density at radius 1 is 0.917 bits per heavy atom. The van der Waals surface area contributed by atoms with Crippen molar-refractivity contribution in [1.82, 2.24) is 4.90 Å². The maximum atomic E-state index is 12.7. The predicted molar refractivity (Wildman–Crippen MR) is 97.1 cm³/mol. The summed E-state index contributed by atoms with van der Waals surface area (Å²) >= 11 is 0. The highest BCUT2D eigenvalue weighted by Crippen LogP contribution is 2.65. The largest absolute Gasteiger partial charge is 0.399 e. The van der Waals surface area contributed by atoms with Gasteiger partial charge in [-0.15, -0.1) is 0 Å². The van der Waals surface area contributed by atoms with Crippen LogP contribution >= 0.6 is 0 Å². The van der Waals surface area contributed by atoms with Crippen LogP contribution in [-0.2, 0) is 0 Å². The number of piperazine rings is 1. The summed E-state index contributed by atoms with van der Waals surface area (Å²) in [4.78, 5) is 4.60. The molecule has 3 aliphatic rings. The van der Waals surface area contributed by atoms with Gasteiger partial charge in [-0.1, -0.05) is 6.07 Å². The van der Waals surface area contributed by atoms with Gasteiger partial charge in [-0.05, 0) is 72.8 Å². The Hall–Kier alpha value is -2.07. The van der Waals surface area contributed by atoms with E-state index in [0.717, 1.165) is 49.4 Å². The van der Waals surface area contributed by atoms with E-state index < -0.39 is 0 Å². The summed E-state index contributed by atoms with van der Waals surface area (Å²) in [7, 11) is 2.13. The van der Waals surface area contributed by atoms with Crippen LogP contribution in [0.3, 0.4) is 0 Å². The summed E-state index contributed by atoms with van der Waals surface area (Å²) in [5, 5.41) is 0. The number of benzene rings is 2. The van der Waals surface area contributed by atoms with E-state index >= 15 is 0 Å². The van der Waals surface area contributed by atoms with Gasteiger partial charge in [0.05, 0.1) is 0 Å². The molecule has 4 heteroatoms. The van der Waals surface area contributed by atoms with Crippen molar-refractivity contribution >= 4 is 11.4 Å². The van der Waals surface area contributed by atoms with Crippen molar-refractivity contribution in [2.45, 2.75) is 18.3 Å². The first-order valence-corrected chi connectivity index (χ1v) is 8.70. The molecule has 3 nitrogen and oxygen atoms in total. The normalized spacial score (nSPS) is 24.2. The molecule has 0 aromatic heterocycles. The Balaban J connectivity index is 0.000000127. The summed E-state index contributed by atoms with van der Waals surface area (Å²) in [6.07, 6.45) is 1.39. The number of nitrogens with zero attached hydrogens (tertiary/aromatic N) is 2. The van der Waals surface area contributed by atoms with Gasteiger partial charge in [0.1, 0.15) is 5.82 Å². The van der Waals surface area contributed by atoms with Crippen LogP contribution in [0.15, 0.2) is 42.5 Å². The van der Waals surface area contributed by atoms with E-state index in [9.17, 15) is 4.39 Å². The van der Waals surface area contributed by atoms with E-state index in [1.54, 1.807) is 5.56 Å². The highest BCUT2D eigenvalue weighted by Gasteiger charge is 2.50. The Labute approximate surface area is 142 Å². The molecule has 1 saturated heterocycles. The molecular weight excluding hydrogens is 301 g/mol. The Morgan fingerprint density at radius 2 is 1.58 bits per heavy atom. The van der Waals surface area contributed by atoms with Gasteiger partial charge in [-0.25, -0.2) is 4.39 Å². The number of nitrogens with two attached hydrogens (primary N) is 1. The summed E-state index contributed by atoms with van der Waals surface area (Å²) in [5.74, 6) is 1.66. The first-order chi connectivity index (χ1) is 11.6. The van der Waals surface area contributed by atoms with Crippen molar-refractivity contribution in [1.29, 1.82) is 0 Å². The number of halogens is 1. The molecule has 24 heavy (non-hydrogen) atoms. The van der Waals surface area contributed by atoms with E-state index in [1.165, 1.54) is 24.1 Å². The molecule has 0 spiro atoms. The van der Waals surface area contributed by atoms with Gasteiger partial charge in [-0.2, -0.15) is 0 Å². The minimum absolute atomic E-state index is 0.164. The van der Waals surface area contributed by atoms with Gasteiger partial charge in [0.2, 0.25) is 0 Å². The molecule has 1 heterocycles. The first-order valence-electron chi connectivity index (χ1n) is 8.70. The third kappa shape index (κ3) is 2.98. The molecule has 126 valence electrons. The van der Waals surface area contributed by atoms with E-state index in [0.29, 0.717) is 0 Å². The summed E-state index contributed by atoms with van der Waals surface area (Å²) < 4.78 is 12.7. The number of nitrogen functional groups attached to an aromatic ring is 1. The van der Waals surface area contributed by atoms with Crippen LogP contribution < -0.4 is 10.6 Å². The van der Waals surface area contributed by atoms with E-state index in [4.69, 9.17) is 5.73 Å². The second-order valence-electron chi connectivity index (χ2n) is 7.10. The monoisotopic (exact) mass is 325 g/mol. The third-order valence-electron chi connectivity index (χ3n) is 5.40. The topological polar surface area (TPSA) is 32.5 Å². The fourth-order valence-corrected chi connectivity index (χ4v) is 3.75. The van der Waals surface area contributed by atoms with Crippen LogP contribution in [0.25, 0.3) is 0 Å². The van der Waals surface area contributed by atoms with Crippen LogP contribution in [0.5, 0.6) is 0 Å². The van der Waals surface area contributed by atoms with Crippen LogP contribution in [-0.4, -0.2) is 38.1 Å². The molecule has 0 bridgehead atoms. The zero-order valence-electron chi connectivity index (χ0n) is 14.1. The maximum absolute atomic E-state index is 12.7. The van der Waals surface area contributed by atoms with E-state index in [1.807, 2.05) is 18.2 Å². The minimum atomic E-state index is -0.164. The molecule has 1 aliphatic heterocycles. The molecule has 2 fully saturated rings. The van der Waals surface area contributed by atoms with Crippen molar-refractivity contribution in [3.8, 4) is 0 Å². The number of rotatable bonds is 1. The number of likely N-dealkylation sites (N-methyl/N-ethyl adjacent to an activating group) is 1. The second-order valence-corrected chi connectivity index (χ2v) is 7.10. The standard InChI is InChI=1S/C11H15FN2.C9H9N/c1-13-6-8-14(9-7-13)11-4-2-10(12)3-5-11;10-5-1-2-6-7(3-5)9-4-8(6)9/h2-5H,6-9H2,1H3;1-3,8-9H,4,10H2. The van der Waals surface area contributed by atoms with E-state index in [2.05, 4.69) is 29.0 Å². The molecule has 5 rings (SSSR count). The fourth-order valence-electron chi connectivity index (χ4n) is 3.75. The second kappa shape index (κ2) is 6.10. The summed E-state index contributed by atoms with van der Waals surface area (Å²) in [5.41, 5.74) is 10.8. The molecule has 0 radical (unpaired) electrons. The lowest BCUT2D eigenvalue weighted by atomic mass is 9.88. The maximum Gasteiger partial charge on any atom is 0.123 e. The zero-order chi connectivity index (χ0) is 16.7. The molecular formula is C20H24FN3. The average molecular weight is 325 g/mol. The molecule has 2 atom stereocenters. The van der Waals surface area contributed by atoms with Gasteiger partial charge < -0.3 is 15.5 Å². The smallest absolute Gasteiger partial charge is 0.123 e. The zero-order valence-corrected chi connectivity index (χ0v) is 14.1. The van der Waals surface area contributed by atoms with Gasteiger partial charge in [0.15, 0.2) is 0 Å². The quantitative estimate of drug-likeness (QED) is 0.815. The Bertz CT molecular complexity index is 720. The summed E-state index contributed by atoms with van der Waals surface area (Å²) in [6, 6.07) is 13.1. The van der Waals surface area contributed by atoms with Crippen molar-refractivity contribution in [3.05, 3.63) is 59.4 Å². The summed E-state index contributed by atoms with van der Waals surface area (Å²) in [6.45, 7) is 4.22. The van der Waals surface area contributed by atoms with E-state index in [-0.39, 0.29) is 5.82 Å². The number of hydrogen-bond donors (Lipinski definition) is 1. The number of fused-ring (bicyclic) bond motifs is 4. The minimum Gasteiger partial charge on any atom is -0.399 e. The van der Waals surface area contributed by atoms with Crippen molar-refractivity contribution < 1.29 is 4.39 Å². The molecule has 2 aliphatic carbocycles. The average Bonchev–Trinajstić information content (AvgIpc) is 3.30. The van der Waals surface area contributed by atoms with Crippen molar-refractivity contribution in [2.24, 2.45) is 0 Å². The molecule has 2 unspecified atom stereocenters. The Kier molecular flexibility index (Phi) is 3.93. The van der Waals surface area contributed by atoms with Crippen LogP contribution in [0, 0.1) is 5.82 Å². The molecule has 2 aromatic carbocycles. The van der Waals surface area contributed by atoms with Crippen LogP contribution in [0.1, 0.15) is 29.4 Å². The van der Waals surface area contributed by atoms with Crippen LogP contribution in [0.4, 0.5) is 15.8 Å². The number of hydrogen-bond acceptors (Lipinski definition) is 3. The molecule has 2 aromatic rings. The molecule has 0 amide bonds. The lowest BCUT2D eigenvalue weighted by Crippen LogP contribution is -2.44. The first kappa shape index (κ1) is 15.5. The highest BCUT2D eigenvalue weighted by molar-refractivity contribution is 5.58. The molecule has 2 N–H and O–H groups in total. The van der Waals surface area contributed by atoms with Gasteiger partial charge in [0, 0.05) is 37.6 Å². The lowest BCUT2D eigenvalue weighted by molar-refractivity contribution is 0.313. The van der Waals surface area contributed by atoms with Crippen molar-refractivity contribution in [2.75, 3.05) is 43.9 Å². The SMILES string of the molecule is CN1CCN(c2ccc(F)cc2)CC1.Nc1ccc2c(c1)C1CC21. The van der Waals surface area contributed by atoms with Gasteiger partial charge in [-0.3, -0.25) is 0 Å². The lowest BCUT2D eigenvalue weighted by Gasteiger charge is -2.34. The fraction of sp³-hybridized carbons (Fsp3) is 0.400. The van der Waals surface area contributed by atoms with Crippen LogP contribution in [0.2, 0.25) is 0 Å². The number of anilines is 2. The predicted octanol–water partition coefficient (Wildman–Crippen LogP) is 3.43.